The van der Waals surface area contributed by atoms with Crippen molar-refractivity contribution in [2.75, 3.05) is 23.3 Å². The van der Waals surface area contributed by atoms with E-state index >= 15 is 0 Å². The minimum Gasteiger partial charge on any atom is -0.491 e. The molecule has 0 saturated carbocycles. The lowest BCUT2D eigenvalue weighted by Gasteiger charge is -2.29. The van der Waals surface area contributed by atoms with Gasteiger partial charge in [-0.3, -0.25) is 0 Å². The van der Waals surface area contributed by atoms with Gasteiger partial charge >= 0.3 is 0 Å². The van der Waals surface area contributed by atoms with Gasteiger partial charge < -0.3 is 20.3 Å². The zero-order valence-corrected chi connectivity index (χ0v) is 17.9. The Morgan fingerprint density at radius 2 is 1.71 bits per heavy atom. The van der Waals surface area contributed by atoms with Gasteiger partial charge in [0.1, 0.15) is 5.75 Å². The molecule has 2 aromatic carbocycles. The van der Waals surface area contributed by atoms with E-state index in [2.05, 4.69) is 46.7 Å². The van der Waals surface area contributed by atoms with Crippen LogP contribution in [0.2, 0.25) is 0 Å². The normalized spacial score (nSPS) is 15.2. The van der Waals surface area contributed by atoms with Crippen LogP contribution in [0.15, 0.2) is 48.5 Å². The summed E-state index contributed by atoms with van der Waals surface area (Å²) in [5.41, 5.74) is 3.46. The summed E-state index contributed by atoms with van der Waals surface area (Å²) in [5, 5.41) is 7.23. The molecule has 0 aromatic heterocycles. The van der Waals surface area contributed by atoms with Crippen LogP contribution in [0, 0.1) is 0 Å². The summed E-state index contributed by atoms with van der Waals surface area (Å²) >= 11 is 5.50. The van der Waals surface area contributed by atoms with Crippen molar-refractivity contribution in [2.45, 2.75) is 52.2 Å². The maximum Gasteiger partial charge on any atom is 0.171 e. The average Bonchev–Trinajstić information content (AvgIpc) is 2.68. The Kier molecular flexibility index (Phi) is 7.15. The smallest absolute Gasteiger partial charge is 0.171 e. The third kappa shape index (κ3) is 5.86. The largest absolute Gasteiger partial charge is 0.491 e. The van der Waals surface area contributed by atoms with Gasteiger partial charge in [-0.2, -0.15) is 0 Å². The van der Waals surface area contributed by atoms with Crippen molar-refractivity contribution >= 4 is 28.7 Å². The molecule has 0 unspecified atom stereocenters. The molecule has 3 rings (SSSR count). The summed E-state index contributed by atoms with van der Waals surface area (Å²) in [4.78, 5) is 2.48. The quantitative estimate of drug-likeness (QED) is 0.629. The first-order valence-electron chi connectivity index (χ1n) is 10.2. The van der Waals surface area contributed by atoms with E-state index in [1.165, 1.54) is 43.6 Å². The van der Waals surface area contributed by atoms with E-state index in [0.29, 0.717) is 5.11 Å². The van der Waals surface area contributed by atoms with Gasteiger partial charge in [0.15, 0.2) is 5.11 Å². The number of piperidine rings is 1. The van der Waals surface area contributed by atoms with E-state index in [1.807, 2.05) is 38.1 Å². The third-order valence-electron chi connectivity index (χ3n) is 4.93. The summed E-state index contributed by atoms with van der Waals surface area (Å²) in [6, 6.07) is 16.8. The highest BCUT2D eigenvalue weighted by molar-refractivity contribution is 7.80. The fourth-order valence-corrected chi connectivity index (χ4v) is 3.79. The number of thiocarbonyl (C=S) groups is 1. The van der Waals surface area contributed by atoms with Crippen molar-refractivity contribution in [1.29, 1.82) is 0 Å². The van der Waals surface area contributed by atoms with Crippen LogP contribution >= 0.6 is 12.2 Å². The van der Waals surface area contributed by atoms with Gasteiger partial charge in [-0.05, 0) is 82.1 Å². The topological polar surface area (TPSA) is 36.5 Å². The highest BCUT2D eigenvalue weighted by Crippen LogP contribution is 2.23. The number of ether oxygens (including phenoxy) is 1. The maximum absolute atomic E-state index is 5.74. The van der Waals surface area contributed by atoms with Gasteiger partial charge in [0.05, 0.1) is 12.1 Å². The maximum atomic E-state index is 5.74. The van der Waals surface area contributed by atoms with Crippen LogP contribution in [0.5, 0.6) is 5.75 Å². The molecule has 1 saturated heterocycles. The van der Waals surface area contributed by atoms with Crippen LogP contribution in [0.1, 0.15) is 51.6 Å². The number of nitrogens with zero attached hydrogens (tertiary/aromatic N) is 1. The van der Waals surface area contributed by atoms with Crippen LogP contribution in [0.25, 0.3) is 0 Å². The number of hydrogen-bond acceptors (Lipinski definition) is 3. The zero-order valence-electron chi connectivity index (χ0n) is 17.1. The first kappa shape index (κ1) is 20.5. The lowest BCUT2D eigenvalue weighted by Crippen LogP contribution is -2.31. The molecule has 1 heterocycles. The van der Waals surface area contributed by atoms with E-state index in [0.717, 1.165) is 11.4 Å². The fourth-order valence-electron chi connectivity index (χ4n) is 3.49. The van der Waals surface area contributed by atoms with E-state index in [1.54, 1.807) is 0 Å². The van der Waals surface area contributed by atoms with Crippen LogP contribution < -0.4 is 20.3 Å². The number of hydrogen-bond donors (Lipinski definition) is 2. The molecule has 150 valence electrons. The van der Waals surface area contributed by atoms with Crippen LogP contribution in [0.3, 0.4) is 0 Å². The number of rotatable bonds is 6. The molecule has 1 aliphatic rings. The predicted molar refractivity (Wildman–Crippen MR) is 122 cm³/mol. The summed E-state index contributed by atoms with van der Waals surface area (Å²) in [7, 11) is 0. The Bertz CT molecular complexity index is 770. The molecule has 0 spiro atoms. The van der Waals surface area contributed by atoms with Crippen LogP contribution in [0.4, 0.5) is 11.4 Å². The Morgan fingerprint density at radius 1 is 1.00 bits per heavy atom. The summed E-state index contributed by atoms with van der Waals surface area (Å²) in [5.74, 6) is 0.837. The Balaban J connectivity index is 1.55. The molecule has 0 radical (unpaired) electrons. The minimum atomic E-state index is 0.130. The van der Waals surface area contributed by atoms with Gasteiger partial charge in [0.25, 0.3) is 0 Å². The van der Waals surface area contributed by atoms with Crippen molar-refractivity contribution in [3.8, 4) is 5.75 Å². The molecule has 5 heteroatoms. The van der Waals surface area contributed by atoms with E-state index in [9.17, 15) is 0 Å². The Hall–Kier alpha value is -2.27. The number of anilines is 2. The molecule has 0 amide bonds. The molecule has 2 N–H and O–H groups in total. The first-order valence-corrected chi connectivity index (χ1v) is 10.6. The molecule has 1 aliphatic heterocycles. The molecule has 1 atom stereocenters. The highest BCUT2D eigenvalue weighted by atomic mass is 32.1. The third-order valence-corrected chi connectivity index (χ3v) is 5.15. The second-order valence-corrected chi connectivity index (χ2v) is 8.06. The second-order valence-electron chi connectivity index (χ2n) is 7.65. The fraction of sp³-hybridized carbons (Fsp3) is 0.435. The minimum absolute atomic E-state index is 0.130. The van der Waals surface area contributed by atoms with Gasteiger partial charge in [-0.1, -0.05) is 18.2 Å². The first-order chi connectivity index (χ1) is 13.5. The molecule has 4 nitrogen and oxygen atoms in total. The lowest BCUT2D eigenvalue weighted by atomic mass is 10.1. The van der Waals surface area contributed by atoms with Gasteiger partial charge in [0, 0.05) is 30.5 Å². The molecular formula is C23H31N3OS. The molecule has 2 aromatic rings. The molecule has 28 heavy (non-hydrogen) atoms. The second kappa shape index (κ2) is 9.78. The number of benzene rings is 2. The van der Waals surface area contributed by atoms with Crippen LogP contribution in [-0.2, 0) is 0 Å². The molecule has 1 fully saturated rings. The van der Waals surface area contributed by atoms with Crippen molar-refractivity contribution in [3.05, 3.63) is 54.1 Å². The van der Waals surface area contributed by atoms with Crippen molar-refractivity contribution in [1.82, 2.24) is 5.32 Å². The monoisotopic (exact) mass is 397 g/mol. The van der Waals surface area contributed by atoms with E-state index < -0.39 is 0 Å². The van der Waals surface area contributed by atoms with Crippen molar-refractivity contribution in [3.63, 3.8) is 0 Å². The van der Waals surface area contributed by atoms with Crippen LogP contribution in [-0.4, -0.2) is 24.3 Å². The average molecular weight is 398 g/mol. The van der Waals surface area contributed by atoms with E-state index in [4.69, 9.17) is 17.0 Å². The number of nitrogens with one attached hydrogen (secondary N) is 2. The standard InChI is InChI=1S/C23H31N3OS/c1-17(2)27-22-9-7-8-20(16-22)25-23(28)24-18(3)19-10-12-21(13-11-19)26-14-5-4-6-15-26/h7-13,16-18H,4-6,14-15H2,1-3H3,(H2,24,25,28)/t18-/m1/s1. The summed E-state index contributed by atoms with van der Waals surface area (Å²) in [6.45, 7) is 8.50. The van der Waals surface area contributed by atoms with Crippen molar-refractivity contribution < 1.29 is 4.74 Å². The lowest BCUT2D eigenvalue weighted by molar-refractivity contribution is 0.242. The van der Waals surface area contributed by atoms with Gasteiger partial charge in [0.2, 0.25) is 0 Å². The molecule has 0 bridgehead atoms. The van der Waals surface area contributed by atoms with E-state index in [-0.39, 0.29) is 12.1 Å². The molecule has 0 aliphatic carbocycles. The summed E-state index contributed by atoms with van der Waals surface area (Å²) in [6.07, 6.45) is 4.09. The van der Waals surface area contributed by atoms with Gasteiger partial charge in [-0.25, -0.2) is 0 Å². The Labute approximate surface area is 174 Å². The molecular weight excluding hydrogens is 366 g/mol. The highest BCUT2D eigenvalue weighted by Gasteiger charge is 2.12. The zero-order chi connectivity index (χ0) is 19.9. The Morgan fingerprint density at radius 3 is 2.39 bits per heavy atom. The predicted octanol–water partition coefficient (Wildman–Crippen LogP) is 5.51. The van der Waals surface area contributed by atoms with Gasteiger partial charge in [-0.15, -0.1) is 0 Å². The SMILES string of the molecule is CC(C)Oc1cccc(NC(=S)N[C@H](C)c2ccc(N3CCCCC3)cc2)c1. The summed E-state index contributed by atoms with van der Waals surface area (Å²) < 4.78 is 5.74. The van der Waals surface area contributed by atoms with Crippen molar-refractivity contribution in [2.24, 2.45) is 0 Å².